The summed E-state index contributed by atoms with van der Waals surface area (Å²) in [7, 11) is 0. The van der Waals surface area contributed by atoms with Gasteiger partial charge in [-0.05, 0) is 49.1 Å². The first-order valence-corrected chi connectivity index (χ1v) is 8.87. The van der Waals surface area contributed by atoms with Crippen LogP contribution in [0.3, 0.4) is 0 Å². The zero-order chi connectivity index (χ0) is 15.9. The lowest BCUT2D eigenvalue weighted by molar-refractivity contribution is -0.120. The molecule has 1 atom stereocenters. The molecule has 1 aromatic carbocycles. The molecular weight excluding hydrogens is 288 g/mol. The van der Waals surface area contributed by atoms with Gasteiger partial charge in [-0.15, -0.1) is 0 Å². The summed E-state index contributed by atoms with van der Waals surface area (Å²) in [6.07, 6.45) is 7.83. The van der Waals surface area contributed by atoms with E-state index in [4.69, 9.17) is 0 Å². The van der Waals surface area contributed by atoms with E-state index in [0.29, 0.717) is 11.8 Å². The fourth-order valence-electron chi connectivity index (χ4n) is 5.18. The Bertz CT molecular complexity index is 616. The van der Waals surface area contributed by atoms with E-state index in [2.05, 4.69) is 17.4 Å². The smallest absolute Gasteiger partial charge is 0.252 e. The first-order chi connectivity index (χ1) is 11.3. The van der Waals surface area contributed by atoms with Crippen LogP contribution in [0.2, 0.25) is 0 Å². The maximum atomic E-state index is 12.6. The van der Waals surface area contributed by atoms with Gasteiger partial charge >= 0.3 is 0 Å². The predicted molar refractivity (Wildman–Crippen MR) is 87.9 cm³/mol. The van der Waals surface area contributed by atoms with Crippen LogP contribution in [0.15, 0.2) is 24.3 Å². The van der Waals surface area contributed by atoms with Gasteiger partial charge in [0.1, 0.15) is 0 Å². The number of piperidine rings is 1. The molecule has 0 bridgehead atoms. The van der Waals surface area contributed by atoms with E-state index in [1.807, 2.05) is 17.0 Å². The van der Waals surface area contributed by atoms with Crippen LogP contribution in [0.1, 0.15) is 54.4 Å². The Morgan fingerprint density at radius 1 is 1.04 bits per heavy atom. The van der Waals surface area contributed by atoms with E-state index < -0.39 is 0 Å². The average molecular weight is 312 g/mol. The summed E-state index contributed by atoms with van der Waals surface area (Å²) in [6.45, 7) is 1.61. The fourth-order valence-corrected chi connectivity index (χ4v) is 5.18. The van der Waals surface area contributed by atoms with Crippen LogP contribution in [-0.4, -0.2) is 30.3 Å². The van der Waals surface area contributed by atoms with Gasteiger partial charge in [-0.25, -0.2) is 0 Å². The molecule has 122 valence electrons. The number of hydrogen-bond acceptors (Lipinski definition) is 2. The molecule has 4 nitrogen and oxygen atoms in total. The highest BCUT2D eigenvalue weighted by molar-refractivity contribution is 6.00. The lowest BCUT2D eigenvalue weighted by atomic mass is 9.66. The van der Waals surface area contributed by atoms with Crippen molar-refractivity contribution in [3.05, 3.63) is 35.4 Å². The van der Waals surface area contributed by atoms with Crippen molar-refractivity contribution in [1.82, 2.24) is 10.2 Å². The number of hydrogen-bond donors (Lipinski definition) is 1. The third-order valence-corrected chi connectivity index (χ3v) is 6.26. The van der Waals surface area contributed by atoms with Crippen molar-refractivity contribution in [3.8, 4) is 0 Å². The number of amides is 2. The zero-order valence-electron chi connectivity index (χ0n) is 13.5. The standard InChI is InChI=1S/C19H24N2O2/c22-13-21-11-9-15(10-12-21)19(14-5-1-2-6-14)17-8-4-3-7-16(17)18(23)20-19/h3-4,7-8,13-15H,1-2,5-6,9-12H2,(H,20,23). The number of rotatable bonds is 3. The van der Waals surface area contributed by atoms with Crippen molar-refractivity contribution >= 4 is 12.3 Å². The SMILES string of the molecule is O=CN1CCC(C2(C3CCCC3)NC(=O)c3ccccc32)CC1. The molecule has 1 N–H and O–H groups in total. The molecule has 4 rings (SSSR count). The van der Waals surface area contributed by atoms with Crippen LogP contribution in [0, 0.1) is 11.8 Å². The Balaban J connectivity index is 1.75. The topological polar surface area (TPSA) is 49.4 Å². The van der Waals surface area contributed by atoms with Crippen molar-refractivity contribution in [2.45, 2.75) is 44.1 Å². The lowest BCUT2D eigenvalue weighted by Crippen LogP contribution is -2.54. The molecule has 1 saturated heterocycles. The molecule has 1 saturated carbocycles. The number of likely N-dealkylation sites (tertiary alicyclic amines) is 1. The molecule has 2 amide bonds. The molecule has 2 heterocycles. The van der Waals surface area contributed by atoms with Gasteiger partial charge in [0.2, 0.25) is 6.41 Å². The number of fused-ring (bicyclic) bond motifs is 1. The van der Waals surface area contributed by atoms with Crippen LogP contribution in [0.4, 0.5) is 0 Å². The highest BCUT2D eigenvalue weighted by atomic mass is 16.2. The minimum Gasteiger partial charge on any atom is -0.345 e. The Morgan fingerprint density at radius 3 is 2.39 bits per heavy atom. The third kappa shape index (κ3) is 2.19. The van der Waals surface area contributed by atoms with Gasteiger partial charge in [-0.3, -0.25) is 9.59 Å². The van der Waals surface area contributed by atoms with Crippen molar-refractivity contribution in [3.63, 3.8) is 0 Å². The van der Waals surface area contributed by atoms with Crippen molar-refractivity contribution in [2.75, 3.05) is 13.1 Å². The molecule has 2 fully saturated rings. The Morgan fingerprint density at radius 2 is 1.70 bits per heavy atom. The van der Waals surface area contributed by atoms with Gasteiger partial charge in [-0.2, -0.15) is 0 Å². The minimum absolute atomic E-state index is 0.0883. The van der Waals surface area contributed by atoms with Crippen LogP contribution in [0.25, 0.3) is 0 Å². The normalized spacial score (nSPS) is 28.7. The van der Waals surface area contributed by atoms with Crippen LogP contribution in [0.5, 0.6) is 0 Å². The van der Waals surface area contributed by atoms with Crippen LogP contribution >= 0.6 is 0 Å². The number of carbonyl (C=O) groups excluding carboxylic acids is 2. The molecule has 0 aromatic heterocycles. The van der Waals surface area contributed by atoms with E-state index in [1.165, 1.54) is 31.2 Å². The van der Waals surface area contributed by atoms with Crippen molar-refractivity contribution < 1.29 is 9.59 Å². The van der Waals surface area contributed by atoms with E-state index in [-0.39, 0.29) is 11.4 Å². The Kier molecular flexibility index (Phi) is 3.63. The number of nitrogens with zero attached hydrogens (tertiary/aromatic N) is 1. The second-order valence-corrected chi connectivity index (χ2v) is 7.27. The average Bonchev–Trinajstić information content (AvgIpc) is 3.23. The molecule has 0 spiro atoms. The predicted octanol–water partition coefficient (Wildman–Crippen LogP) is 2.68. The maximum Gasteiger partial charge on any atom is 0.252 e. The Labute approximate surface area is 137 Å². The molecule has 2 aliphatic heterocycles. The molecule has 4 heteroatoms. The zero-order valence-corrected chi connectivity index (χ0v) is 13.5. The van der Waals surface area contributed by atoms with Gasteiger partial charge in [0, 0.05) is 18.7 Å². The number of nitrogens with one attached hydrogen (secondary N) is 1. The minimum atomic E-state index is -0.209. The van der Waals surface area contributed by atoms with Gasteiger partial charge in [0.05, 0.1) is 5.54 Å². The van der Waals surface area contributed by atoms with Gasteiger partial charge < -0.3 is 10.2 Å². The second kappa shape index (κ2) is 5.66. The number of carbonyl (C=O) groups is 2. The second-order valence-electron chi connectivity index (χ2n) is 7.27. The molecular formula is C19H24N2O2. The van der Waals surface area contributed by atoms with Crippen molar-refractivity contribution in [2.24, 2.45) is 11.8 Å². The van der Waals surface area contributed by atoms with Gasteiger partial charge in [0.15, 0.2) is 0 Å². The first-order valence-electron chi connectivity index (χ1n) is 8.87. The highest BCUT2D eigenvalue weighted by Gasteiger charge is 2.53. The van der Waals surface area contributed by atoms with Gasteiger partial charge in [0.25, 0.3) is 5.91 Å². The molecule has 1 aliphatic carbocycles. The fraction of sp³-hybridized carbons (Fsp3) is 0.579. The highest BCUT2D eigenvalue weighted by Crippen LogP contribution is 2.51. The molecule has 1 aromatic rings. The molecule has 23 heavy (non-hydrogen) atoms. The number of benzene rings is 1. The van der Waals surface area contributed by atoms with Gasteiger partial charge in [-0.1, -0.05) is 31.0 Å². The van der Waals surface area contributed by atoms with E-state index in [9.17, 15) is 9.59 Å². The quantitative estimate of drug-likeness (QED) is 0.872. The lowest BCUT2D eigenvalue weighted by Gasteiger charge is -2.46. The van der Waals surface area contributed by atoms with E-state index >= 15 is 0 Å². The summed E-state index contributed by atoms with van der Waals surface area (Å²) in [4.78, 5) is 25.5. The molecule has 0 radical (unpaired) electrons. The van der Waals surface area contributed by atoms with E-state index in [1.54, 1.807) is 0 Å². The summed E-state index contributed by atoms with van der Waals surface area (Å²) < 4.78 is 0. The maximum absolute atomic E-state index is 12.6. The summed E-state index contributed by atoms with van der Waals surface area (Å²) in [5, 5.41) is 3.43. The van der Waals surface area contributed by atoms with Crippen LogP contribution in [-0.2, 0) is 10.3 Å². The Hall–Kier alpha value is -1.84. The van der Waals surface area contributed by atoms with Crippen LogP contribution < -0.4 is 5.32 Å². The van der Waals surface area contributed by atoms with Crippen molar-refractivity contribution in [1.29, 1.82) is 0 Å². The first kappa shape index (κ1) is 14.7. The molecule has 3 aliphatic rings. The monoisotopic (exact) mass is 312 g/mol. The third-order valence-electron chi connectivity index (χ3n) is 6.26. The van der Waals surface area contributed by atoms with E-state index in [0.717, 1.165) is 37.9 Å². The summed E-state index contributed by atoms with van der Waals surface area (Å²) in [5.41, 5.74) is 1.86. The summed E-state index contributed by atoms with van der Waals surface area (Å²) >= 11 is 0. The molecule has 1 unspecified atom stereocenters. The summed E-state index contributed by atoms with van der Waals surface area (Å²) in [6, 6.07) is 8.13. The largest absolute Gasteiger partial charge is 0.345 e. The summed E-state index contributed by atoms with van der Waals surface area (Å²) in [5.74, 6) is 1.04.